The summed E-state index contributed by atoms with van der Waals surface area (Å²) >= 11 is 3.46. The maximum atomic E-state index is 5.57. The van der Waals surface area contributed by atoms with Crippen molar-refractivity contribution >= 4 is 27.4 Å². The van der Waals surface area contributed by atoms with Crippen LogP contribution in [-0.4, -0.2) is 18.6 Å². The van der Waals surface area contributed by atoms with Gasteiger partial charge in [0.2, 0.25) is 0 Å². The van der Waals surface area contributed by atoms with Gasteiger partial charge in [-0.1, -0.05) is 12.1 Å². The number of rotatable bonds is 3. The maximum Gasteiger partial charge on any atom is 0.151 e. The fraction of sp³-hybridized carbons (Fsp3) is 0.267. The molecule has 5 heteroatoms. The molecule has 1 aromatic heterocycles. The highest BCUT2D eigenvalue weighted by Crippen LogP contribution is 2.40. The second kappa shape index (κ2) is 5.32. The molecule has 104 valence electrons. The van der Waals surface area contributed by atoms with Crippen LogP contribution in [0.15, 0.2) is 41.0 Å². The largest absolute Gasteiger partial charge is 0.494 e. The summed E-state index contributed by atoms with van der Waals surface area (Å²) in [6, 6.07) is 10.2. The quantitative estimate of drug-likeness (QED) is 0.926. The number of benzene rings is 1. The Labute approximate surface area is 126 Å². The zero-order chi connectivity index (χ0) is 14.1. The Morgan fingerprint density at radius 1 is 1.40 bits per heavy atom. The summed E-state index contributed by atoms with van der Waals surface area (Å²) in [6.45, 7) is 2.66. The molecule has 3 rings (SSSR count). The predicted molar refractivity (Wildman–Crippen MR) is 84.3 cm³/mol. The van der Waals surface area contributed by atoms with Crippen molar-refractivity contribution < 1.29 is 4.74 Å². The van der Waals surface area contributed by atoms with E-state index < -0.39 is 0 Å². The van der Waals surface area contributed by atoms with Gasteiger partial charge in [-0.25, -0.2) is 4.98 Å². The van der Waals surface area contributed by atoms with Crippen molar-refractivity contribution in [3.05, 3.63) is 46.6 Å². The number of nitrogens with one attached hydrogen (secondary N) is 1. The number of fused-ring (bicyclic) bond motifs is 1. The van der Waals surface area contributed by atoms with Gasteiger partial charge in [-0.05, 0) is 46.6 Å². The SMILES string of the molecule is CCOc1cccc(C2Nc3ncc(Br)cc3N2C)c1. The van der Waals surface area contributed by atoms with Crippen LogP contribution in [0.4, 0.5) is 11.5 Å². The van der Waals surface area contributed by atoms with Crippen LogP contribution in [0.3, 0.4) is 0 Å². The summed E-state index contributed by atoms with van der Waals surface area (Å²) in [4.78, 5) is 6.59. The Kier molecular flexibility index (Phi) is 3.53. The third kappa shape index (κ3) is 2.33. The average Bonchev–Trinajstić information content (AvgIpc) is 2.77. The molecule has 4 nitrogen and oxygen atoms in total. The minimum atomic E-state index is 0.0761. The summed E-state index contributed by atoms with van der Waals surface area (Å²) in [5.41, 5.74) is 2.25. The molecule has 0 fully saturated rings. The van der Waals surface area contributed by atoms with Crippen molar-refractivity contribution in [3.63, 3.8) is 0 Å². The summed E-state index contributed by atoms with van der Waals surface area (Å²) in [5, 5.41) is 3.44. The molecule has 1 aromatic carbocycles. The van der Waals surface area contributed by atoms with Crippen molar-refractivity contribution in [1.29, 1.82) is 0 Å². The van der Waals surface area contributed by atoms with Gasteiger partial charge in [-0.3, -0.25) is 0 Å². The summed E-state index contributed by atoms with van der Waals surface area (Å²) in [7, 11) is 2.06. The van der Waals surface area contributed by atoms with Crippen molar-refractivity contribution in [2.75, 3.05) is 23.9 Å². The Morgan fingerprint density at radius 3 is 3.05 bits per heavy atom. The molecule has 1 aliphatic rings. The van der Waals surface area contributed by atoms with Gasteiger partial charge in [-0.15, -0.1) is 0 Å². The molecule has 0 saturated heterocycles. The van der Waals surface area contributed by atoms with Crippen LogP contribution in [0, 0.1) is 0 Å². The van der Waals surface area contributed by atoms with Crippen molar-refractivity contribution in [2.45, 2.75) is 13.1 Å². The Bertz CT molecular complexity index is 632. The number of hydrogen-bond donors (Lipinski definition) is 1. The molecule has 0 bridgehead atoms. The lowest BCUT2D eigenvalue weighted by Gasteiger charge is -2.22. The first kappa shape index (κ1) is 13.2. The van der Waals surface area contributed by atoms with Crippen LogP contribution in [0.25, 0.3) is 0 Å². The Morgan fingerprint density at radius 2 is 2.25 bits per heavy atom. The van der Waals surface area contributed by atoms with E-state index in [1.165, 1.54) is 0 Å². The highest BCUT2D eigenvalue weighted by atomic mass is 79.9. The smallest absolute Gasteiger partial charge is 0.151 e. The lowest BCUT2D eigenvalue weighted by molar-refractivity contribution is 0.339. The molecule has 0 saturated carbocycles. The number of halogens is 1. The first-order valence-corrected chi connectivity index (χ1v) is 7.36. The molecular formula is C15H16BrN3O. The van der Waals surface area contributed by atoms with E-state index >= 15 is 0 Å². The molecule has 1 aliphatic heterocycles. The van der Waals surface area contributed by atoms with E-state index in [2.05, 4.69) is 56.4 Å². The van der Waals surface area contributed by atoms with Gasteiger partial charge < -0.3 is 15.0 Å². The molecule has 0 amide bonds. The maximum absolute atomic E-state index is 5.57. The summed E-state index contributed by atoms with van der Waals surface area (Å²) in [6.07, 6.45) is 1.88. The average molecular weight is 334 g/mol. The van der Waals surface area contributed by atoms with E-state index in [0.717, 1.165) is 27.3 Å². The molecule has 2 heterocycles. The van der Waals surface area contributed by atoms with Gasteiger partial charge in [-0.2, -0.15) is 0 Å². The van der Waals surface area contributed by atoms with Crippen LogP contribution in [0.1, 0.15) is 18.7 Å². The molecule has 1 unspecified atom stereocenters. The van der Waals surface area contributed by atoms with Crippen LogP contribution >= 0.6 is 15.9 Å². The fourth-order valence-electron chi connectivity index (χ4n) is 2.42. The standard InChI is InChI=1S/C15H16BrN3O/c1-3-20-12-6-4-5-10(7-12)15-18-14-13(19(15)2)8-11(16)9-17-14/h4-9,15H,3H2,1-2H3,(H,17,18). The number of ether oxygens (including phenoxy) is 1. The number of anilines is 2. The van der Waals surface area contributed by atoms with Crippen LogP contribution < -0.4 is 15.0 Å². The molecule has 0 spiro atoms. The molecule has 1 N–H and O–H groups in total. The van der Waals surface area contributed by atoms with Crippen LogP contribution in [-0.2, 0) is 0 Å². The summed E-state index contributed by atoms with van der Waals surface area (Å²) < 4.78 is 6.55. The summed E-state index contributed by atoms with van der Waals surface area (Å²) in [5.74, 6) is 1.80. The Balaban J connectivity index is 1.91. The van der Waals surface area contributed by atoms with Gasteiger partial charge in [0.25, 0.3) is 0 Å². The highest BCUT2D eigenvalue weighted by molar-refractivity contribution is 9.10. The van der Waals surface area contributed by atoms with E-state index in [1.807, 2.05) is 19.1 Å². The van der Waals surface area contributed by atoms with Crippen molar-refractivity contribution in [2.24, 2.45) is 0 Å². The lowest BCUT2D eigenvalue weighted by atomic mass is 10.1. The predicted octanol–water partition coefficient (Wildman–Crippen LogP) is 3.80. The second-order valence-corrected chi connectivity index (χ2v) is 5.60. The highest BCUT2D eigenvalue weighted by Gasteiger charge is 2.28. The number of hydrogen-bond acceptors (Lipinski definition) is 4. The first-order valence-electron chi connectivity index (χ1n) is 6.56. The fourth-order valence-corrected chi connectivity index (χ4v) is 2.74. The van der Waals surface area contributed by atoms with Crippen molar-refractivity contribution in [3.8, 4) is 5.75 Å². The van der Waals surface area contributed by atoms with Gasteiger partial charge in [0.05, 0.1) is 12.3 Å². The normalized spacial score (nSPS) is 16.8. The molecular weight excluding hydrogens is 318 g/mol. The van der Waals surface area contributed by atoms with Crippen LogP contribution in [0.5, 0.6) is 5.75 Å². The van der Waals surface area contributed by atoms with Gasteiger partial charge in [0.1, 0.15) is 11.9 Å². The zero-order valence-corrected chi connectivity index (χ0v) is 13.0. The van der Waals surface area contributed by atoms with Crippen LogP contribution in [0.2, 0.25) is 0 Å². The lowest BCUT2D eigenvalue weighted by Crippen LogP contribution is -2.23. The van der Waals surface area contributed by atoms with Gasteiger partial charge >= 0.3 is 0 Å². The number of nitrogens with zero attached hydrogens (tertiary/aromatic N) is 2. The molecule has 20 heavy (non-hydrogen) atoms. The molecule has 0 aliphatic carbocycles. The number of aromatic nitrogens is 1. The van der Waals surface area contributed by atoms with E-state index in [0.29, 0.717) is 6.61 Å². The van der Waals surface area contributed by atoms with Gasteiger partial charge in [0, 0.05) is 17.7 Å². The zero-order valence-electron chi connectivity index (χ0n) is 11.4. The third-order valence-electron chi connectivity index (χ3n) is 3.36. The first-order chi connectivity index (χ1) is 9.69. The monoisotopic (exact) mass is 333 g/mol. The third-order valence-corrected chi connectivity index (χ3v) is 3.79. The van der Waals surface area contributed by atoms with E-state index in [9.17, 15) is 0 Å². The number of pyridine rings is 1. The minimum absolute atomic E-state index is 0.0761. The van der Waals surface area contributed by atoms with E-state index in [-0.39, 0.29) is 6.17 Å². The van der Waals surface area contributed by atoms with E-state index in [1.54, 1.807) is 6.20 Å². The molecule has 0 radical (unpaired) electrons. The van der Waals surface area contributed by atoms with Gasteiger partial charge in [0.15, 0.2) is 5.82 Å². The molecule has 1 atom stereocenters. The molecule has 2 aromatic rings. The minimum Gasteiger partial charge on any atom is -0.494 e. The topological polar surface area (TPSA) is 37.4 Å². The second-order valence-electron chi connectivity index (χ2n) is 4.68. The van der Waals surface area contributed by atoms with E-state index in [4.69, 9.17) is 4.74 Å². The van der Waals surface area contributed by atoms with Crippen molar-refractivity contribution in [1.82, 2.24) is 4.98 Å². The Hall–Kier alpha value is -1.75.